The van der Waals surface area contributed by atoms with Gasteiger partial charge in [-0.1, -0.05) is 41.4 Å². The van der Waals surface area contributed by atoms with Gasteiger partial charge >= 0.3 is 0 Å². The first-order valence-electron chi connectivity index (χ1n) is 7.96. The topological polar surface area (TPSA) is 50.6 Å². The van der Waals surface area contributed by atoms with Gasteiger partial charge in [-0.2, -0.15) is 0 Å². The maximum atomic E-state index is 12.5. The number of likely N-dealkylation sites (N-methyl/N-ethyl adjacent to an activating group) is 1. The van der Waals surface area contributed by atoms with Crippen molar-refractivity contribution in [3.8, 4) is 0 Å². The van der Waals surface area contributed by atoms with Crippen LogP contribution in [0.2, 0.25) is 10.0 Å². The Bertz CT molecular complexity index is 793. The van der Waals surface area contributed by atoms with Crippen LogP contribution in [0, 0.1) is 0 Å². The number of nitrogens with one attached hydrogen (secondary N) is 2. The molecule has 0 heterocycles. The molecule has 1 amide bonds. The minimum absolute atomic E-state index is 0.0356. The van der Waals surface area contributed by atoms with E-state index in [1.165, 1.54) is 6.92 Å². The Morgan fingerprint density at radius 2 is 1.84 bits per heavy atom. The third kappa shape index (κ3) is 5.30. The fourth-order valence-electron chi connectivity index (χ4n) is 2.41. The first kappa shape index (κ1) is 19.4. The van der Waals surface area contributed by atoms with Crippen molar-refractivity contribution in [3.05, 3.63) is 63.6 Å². The van der Waals surface area contributed by atoms with Crippen LogP contribution in [-0.4, -0.2) is 24.8 Å². The summed E-state index contributed by atoms with van der Waals surface area (Å²) in [4.78, 5) is 24.9. The molecule has 2 aromatic rings. The van der Waals surface area contributed by atoms with E-state index in [2.05, 4.69) is 5.32 Å². The van der Waals surface area contributed by atoms with E-state index in [4.69, 9.17) is 23.2 Å². The Kier molecular flexibility index (Phi) is 6.59. The highest BCUT2D eigenvalue weighted by Crippen LogP contribution is 2.22. The summed E-state index contributed by atoms with van der Waals surface area (Å²) >= 11 is 12.0. The fourth-order valence-corrected chi connectivity index (χ4v) is 2.74. The molecule has 4 nitrogen and oxygen atoms in total. The molecule has 2 atom stereocenters. The number of ketones is 1. The Balaban J connectivity index is 2.02. The maximum Gasteiger partial charge on any atom is 0.282 e. The van der Waals surface area contributed by atoms with Crippen LogP contribution < -0.4 is 10.2 Å². The van der Waals surface area contributed by atoms with E-state index in [0.717, 1.165) is 10.5 Å². The largest absolute Gasteiger partial charge is 0.324 e. The van der Waals surface area contributed by atoms with Gasteiger partial charge in [0, 0.05) is 16.8 Å². The van der Waals surface area contributed by atoms with Crippen LogP contribution in [-0.2, 0) is 11.3 Å². The van der Waals surface area contributed by atoms with Gasteiger partial charge in [0.2, 0.25) is 0 Å². The zero-order valence-electron chi connectivity index (χ0n) is 14.4. The lowest BCUT2D eigenvalue weighted by Crippen LogP contribution is -3.12. The zero-order chi connectivity index (χ0) is 18.6. The van der Waals surface area contributed by atoms with Gasteiger partial charge in [0.05, 0.1) is 17.1 Å². The Morgan fingerprint density at radius 3 is 2.48 bits per heavy atom. The van der Waals surface area contributed by atoms with E-state index in [1.807, 2.05) is 26.1 Å². The molecule has 6 heteroatoms. The monoisotopic (exact) mass is 379 g/mol. The van der Waals surface area contributed by atoms with Gasteiger partial charge in [-0.3, -0.25) is 9.59 Å². The van der Waals surface area contributed by atoms with E-state index in [-0.39, 0.29) is 17.7 Å². The fraction of sp³-hybridized carbons (Fsp3) is 0.263. The van der Waals surface area contributed by atoms with Crippen molar-refractivity contribution in [3.63, 3.8) is 0 Å². The van der Waals surface area contributed by atoms with Crippen molar-refractivity contribution < 1.29 is 14.5 Å². The van der Waals surface area contributed by atoms with E-state index < -0.39 is 0 Å². The summed E-state index contributed by atoms with van der Waals surface area (Å²) in [5.41, 5.74) is 2.19. The van der Waals surface area contributed by atoms with Crippen LogP contribution in [0.3, 0.4) is 0 Å². The number of rotatable bonds is 6. The molecule has 0 bridgehead atoms. The lowest BCUT2D eigenvalue weighted by molar-refractivity contribution is -0.907. The highest BCUT2D eigenvalue weighted by atomic mass is 35.5. The lowest BCUT2D eigenvalue weighted by atomic mass is 10.1. The Labute approximate surface area is 157 Å². The minimum Gasteiger partial charge on any atom is -0.324 e. The summed E-state index contributed by atoms with van der Waals surface area (Å²) in [5.74, 6) is -0.148. The second-order valence-electron chi connectivity index (χ2n) is 6.12. The van der Waals surface area contributed by atoms with Crippen molar-refractivity contribution in [1.29, 1.82) is 0 Å². The molecule has 0 aliphatic rings. The number of amides is 1. The molecule has 0 aliphatic carbocycles. The molecule has 0 radical (unpaired) electrons. The van der Waals surface area contributed by atoms with E-state index in [0.29, 0.717) is 27.8 Å². The van der Waals surface area contributed by atoms with Gasteiger partial charge in [-0.05, 0) is 38.1 Å². The number of carbonyl (C=O) groups is 2. The predicted octanol–water partition coefficient (Wildman–Crippen LogP) is 3.24. The summed E-state index contributed by atoms with van der Waals surface area (Å²) in [6.07, 6.45) is 0. The number of halogens is 2. The third-order valence-corrected chi connectivity index (χ3v) is 4.88. The van der Waals surface area contributed by atoms with Crippen molar-refractivity contribution in [2.75, 3.05) is 12.4 Å². The molecule has 0 saturated carbocycles. The zero-order valence-corrected chi connectivity index (χ0v) is 15.9. The summed E-state index contributed by atoms with van der Waals surface area (Å²) in [7, 11) is 1.94. The summed E-state index contributed by atoms with van der Waals surface area (Å²) in [6, 6.07) is 12.1. The van der Waals surface area contributed by atoms with Crippen LogP contribution in [0.25, 0.3) is 0 Å². The third-order valence-electron chi connectivity index (χ3n) is 4.14. The predicted molar refractivity (Wildman–Crippen MR) is 102 cm³/mol. The van der Waals surface area contributed by atoms with Gasteiger partial charge in [0.25, 0.3) is 5.91 Å². The SMILES string of the molecule is CC(=O)c1cccc(NC(=O)[C@H](C)[NH+](C)Cc2ccc(Cl)c(Cl)c2)c1. The first-order chi connectivity index (χ1) is 11.8. The molecule has 0 aromatic heterocycles. The average Bonchev–Trinajstić information content (AvgIpc) is 2.57. The van der Waals surface area contributed by atoms with Crippen LogP contribution in [0.5, 0.6) is 0 Å². The smallest absolute Gasteiger partial charge is 0.282 e. The van der Waals surface area contributed by atoms with E-state index >= 15 is 0 Å². The van der Waals surface area contributed by atoms with Crippen molar-refractivity contribution >= 4 is 40.6 Å². The summed E-state index contributed by atoms with van der Waals surface area (Å²) < 4.78 is 0. The summed E-state index contributed by atoms with van der Waals surface area (Å²) in [6.45, 7) is 3.99. The van der Waals surface area contributed by atoms with Gasteiger partial charge in [0.1, 0.15) is 6.54 Å². The maximum absolute atomic E-state index is 12.5. The normalized spacial score (nSPS) is 13.2. The Hall–Kier alpha value is -1.88. The van der Waals surface area contributed by atoms with Crippen LogP contribution in [0.15, 0.2) is 42.5 Å². The quantitative estimate of drug-likeness (QED) is 0.756. The second kappa shape index (κ2) is 8.48. The number of Topliss-reactive ketones (excluding diaryl/α,β-unsaturated/α-hetero) is 1. The molecular formula is C19H21Cl2N2O2+. The molecule has 2 N–H and O–H groups in total. The molecule has 0 spiro atoms. The van der Waals surface area contributed by atoms with Gasteiger partial charge < -0.3 is 10.2 Å². The standard InChI is InChI=1S/C19H20Cl2N2O2/c1-12(23(3)11-14-7-8-17(20)18(21)9-14)19(25)22-16-6-4-5-15(10-16)13(2)24/h4-10,12H,11H2,1-3H3,(H,22,25)/p+1/t12-/m0/s1. The number of hydrogen-bond acceptors (Lipinski definition) is 2. The molecule has 25 heavy (non-hydrogen) atoms. The van der Waals surface area contributed by atoms with Crippen LogP contribution in [0.4, 0.5) is 5.69 Å². The highest BCUT2D eigenvalue weighted by Gasteiger charge is 2.22. The van der Waals surface area contributed by atoms with Gasteiger partial charge in [0.15, 0.2) is 11.8 Å². The molecular weight excluding hydrogens is 359 g/mol. The molecule has 0 saturated heterocycles. The van der Waals surface area contributed by atoms with Crippen molar-refractivity contribution in [2.45, 2.75) is 26.4 Å². The molecule has 2 rings (SSSR count). The highest BCUT2D eigenvalue weighted by molar-refractivity contribution is 6.42. The number of quaternary nitrogens is 1. The number of carbonyl (C=O) groups excluding carboxylic acids is 2. The molecule has 0 fully saturated rings. The average molecular weight is 380 g/mol. The summed E-state index contributed by atoms with van der Waals surface area (Å²) in [5, 5.41) is 3.88. The first-order valence-corrected chi connectivity index (χ1v) is 8.71. The van der Waals surface area contributed by atoms with Crippen LogP contribution in [0.1, 0.15) is 29.8 Å². The molecule has 1 unspecified atom stereocenters. The van der Waals surface area contributed by atoms with Gasteiger partial charge in [-0.15, -0.1) is 0 Å². The van der Waals surface area contributed by atoms with E-state index in [9.17, 15) is 9.59 Å². The number of anilines is 1. The second-order valence-corrected chi connectivity index (χ2v) is 6.93. The number of hydrogen-bond donors (Lipinski definition) is 2. The lowest BCUT2D eigenvalue weighted by Gasteiger charge is -2.21. The molecule has 0 aliphatic heterocycles. The van der Waals surface area contributed by atoms with Crippen molar-refractivity contribution in [2.24, 2.45) is 0 Å². The number of benzene rings is 2. The molecule has 2 aromatic carbocycles. The van der Waals surface area contributed by atoms with Crippen LogP contribution >= 0.6 is 23.2 Å². The Morgan fingerprint density at radius 1 is 1.12 bits per heavy atom. The molecule has 132 valence electrons. The van der Waals surface area contributed by atoms with Gasteiger partial charge in [-0.25, -0.2) is 0 Å². The van der Waals surface area contributed by atoms with Crippen molar-refractivity contribution in [1.82, 2.24) is 0 Å². The minimum atomic E-state index is -0.282. The van der Waals surface area contributed by atoms with E-state index in [1.54, 1.807) is 30.3 Å².